The van der Waals surface area contributed by atoms with E-state index in [0.29, 0.717) is 12.4 Å². The van der Waals surface area contributed by atoms with Crippen molar-refractivity contribution in [1.82, 2.24) is 15.0 Å². The van der Waals surface area contributed by atoms with Crippen molar-refractivity contribution in [3.05, 3.63) is 42.7 Å². The van der Waals surface area contributed by atoms with Gasteiger partial charge >= 0.3 is 0 Å². The summed E-state index contributed by atoms with van der Waals surface area (Å²) in [7, 11) is 1.64. The minimum atomic E-state index is -0.283. The summed E-state index contributed by atoms with van der Waals surface area (Å²) in [4.78, 5) is 15.6. The van der Waals surface area contributed by atoms with Crippen molar-refractivity contribution in [2.45, 2.75) is 12.5 Å². The Balaban J connectivity index is 1.81. The molecule has 1 fully saturated rings. The number of benzene rings is 1. The van der Waals surface area contributed by atoms with Gasteiger partial charge in [0.05, 0.1) is 13.2 Å². The van der Waals surface area contributed by atoms with E-state index >= 15 is 0 Å². The lowest BCUT2D eigenvalue weighted by atomic mass is 10.1. The summed E-state index contributed by atoms with van der Waals surface area (Å²) < 4.78 is 5.40. The molecule has 1 aliphatic rings. The summed E-state index contributed by atoms with van der Waals surface area (Å²) >= 11 is 0. The first-order chi connectivity index (χ1) is 11.8. The van der Waals surface area contributed by atoms with E-state index in [1.54, 1.807) is 19.5 Å². The topological polar surface area (TPSA) is 71.4 Å². The number of aromatic nitrogens is 3. The molecule has 0 aliphatic carbocycles. The fraction of sp³-hybridized carbons (Fsp3) is 0.278. The summed E-state index contributed by atoms with van der Waals surface area (Å²) in [6.45, 7) is 1.42. The average molecular weight is 322 g/mol. The van der Waals surface area contributed by atoms with Gasteiger partial charge in [0.2, 0.25) is 0 Å². The molecule has 0 radical (unpaired) electrons. The van der Waals surface area contributed by atoms with Gasteiger partial charge in [-0.1, -0.05) is 6.07 Å². The number of hydrogen-bond acceptors (Lipinski definition) is 6. The predicted octanol–water partition coefficient (Wildman–Crippen LogP) is 2.27. The third-order valence-corrected chi connectivity index (χ3v) is 4.32. The Labute approximate surface area is 139 Å². The first-order valence-corrected chi connectivity index (χ1v) is 7.94. The molecule has 1 atom stereocenters. The van der Waals surface area contributed by atoms with Gasteiger partial charge in [-0.05, 0) is 30.7 Å². The van der Waals surface area contributed by atoms with Crippen LogP contribution in [0.2, 0.25) is 0 Å². The van der Waals surface area contributed by atoms with E-state index in [4.69, 9.17) is 9.72 Å². The number of methoxy groups -OCH3 is 1. The summed E-state index contributed by atoms with van der Waals surface area (Å²) in [5, 5.41) is 10.7. The molecule has 0 bridgehead atoms. The van der Waals surface area contributed by atoms with E-state index in [-0.39, 0.29) is 6.10 Å². The molecule has 6 heteroatoms. The number of β-amino-alcohol motifs (C(OH)–C–C–N with tert-alkyl or cyclic N) is 1. The number of fused-ring (bicyclic) bond motifs is 1. The largest absolute Gasteiger partial charge is 0.494 e. The summed E-state index contributed by atoms with van der Waals surface area (Å²) in [5.74, 6) is 2.21. The highest BCUT2D eigenvalue weighted by Crippen LogP contribution is 2.32. The number of hydrogen-bond donors (Lipinski definition) is 1. The molecule has 3 heterocycles. The van der Waals surface area contributed by atoms with E-state index in [1.165, 1.54) is 0 Å². The van der Waals surface area contributed by atoms with Gasteiger partial charge in [0.15, 0.2) is 5.82 Å². The Kier molecular flexibility index (Phi) is 3.74. The normalized spacial score (nSPS) is 17.4. The van der Waals surface area contributed by atoms with Crippen molar-refractivity contribution in [2.24, 2.45) is 0 Å². The molecule has 1 aliphatic heterocycles. The zero-order valence-corrected chi connectivity index (χ0v) is 13.4. The second kappa shape index (κ2) is 6.05. The Bertz CT molecular complexity index is 884. The van der Waals surface area contributed by atoms with Gasteiger partial charge in [0, 0.05) is 36.4 Å². The zero-order chi connectivity index (χ0) is 16.5. The van der Waals surface area contributed by atoms with Crippen molar-refractivity contribution >= 4 is 16.7 Å². The fourth-order valence-corrected chi connectivity index (χ4v) is 3.11. The molecule has 2 aromatic heterocycles. The second-order valence-electron chi connectivity index (χ2n) is 5.84. The summed E-state index contributed by atoms with van der Waals surface area (Å²) in [6.07, 6.45) is 4.00. The molecule has 122 valence electrons. The number of anilines is 1. The Morgan fingerprint density at radius 1 is 1.17 bits per heavy atom. The third kappa shape index (κ3) is 2.55. The van der Waals surface area contributed by atoms with Crippen LogP contribution < -0.4 is 9.64 Å². The Morgan fingerprint density at radius 2 is 2.08 bits per heavy atom. The second-order valence-corrected chi connectivity index (χ2v) is 5.84. The Hall–Kier alpha value is -2.73. The van der Waals surface area contributed by atoms with Crippen molar-refractivity contribution in [2.75, 3.05) is 25.1 Å². The lowest BCUT2D eigenvalue weighted by Crippen LogP contribution is -2.22. The van der Waals surface area contributed by atoms with Gasteiger partial charge < -0.3 is 14.7 Å². The fourth-order valence-electron chi connectivity index (χ4n) is 3.11. The quantitative estimate of drug-likeness (QED) is 0.797. The lowest BCUT2D eigenvalue weighted by Gasteiger charge is -2.17. The van der Waals surface area contributed by atoms with Crippen LogP contribution in [0.4, 0.5) is 5.82 Å². The molecule has 0 saturated carbocycles. The van der Waals surface area contributed by atoms with Gasteiger partial charge in [0.25, 0.3) is 0 Å². The zero-order valence-electron chi connectivity index (χ0n) is 13.4. The van der Waals surface area contributed by atoms with Crippen LogP contribution in [-0.2, 0) is 0 Å². The highest BCUT2D eigenvalue weighted by Gasteiger charge is 2.22. The molecule has 4 rings (SSSR count). The maximum atomic E-state index is 9.74. The van der Waals surface area contributed by atoms with Crippen LogP contribution in [0.3, 0.4) is 0 Å². The number of aliphatic hydroxyl groups excluding tert-OH is 1. The predicted molar refractivity (Wildman–Crippen MR) is 92.2 cm³/mol. The Morgan fingerprint density at radius 3 is 2.88 bits per heavy atom. The minimum Gasteiger partial charge on any atom is -0.494 e. The van der Waals surface area contributed by atoms with Crippen LogP contribution >= 0.6 is 0 Å². The molecular weight excluding hydrogens is 304 g/mol. The van der Waals surface area contributed by atoms with Crippen LogP contribution in [0.15, 0.2) is 42.7 Å². The van der Waals surface area contributed by atoms with Crippen LogP contribution in [0.25, 0.3) is 22.3 Å². The van der Waals surface area contributed by atoms with E-state index in [1.807, 2.05) is 30.3 Å². The molecule has 3 aromatic rings. The maximum Gasteiger partial charge on any atom is 0.162 e. The monoisotopic (exact) mass is 322 g/mol. The van der Waals surface area contributed by atoms with Gasteiger partial charge in [-0.3, -0.25) is 4.98 Å². The van der Waals surface area contributed by atoms with E-state index in [9.17, 15) is 5.11 Å². The smallest absolute Gasteiger partial charge is 0.162 e. The number of aliphatic hydroxyl groups is 1. The van der Waals surface area contributed by atoms with Crippen molar-refractivity contribution in [1.29, 1.82) is 0 Å². The molecule has 1 N–H and O–H groups in total. The first-order valence-electron chi connectivity index (χ1n) is 7.94. The van der Waals surface area contributed by atoms with Gasteiger partial charge in [-0.15, -0.1) is 0 Å². The van der Waals surface area contributed by atoms with Crippen LogP contribution in [-0.4, -0.2) is 46.4 Å². The molecule has 0 spiro atoms. The lowest BCUT2D eigenvalue weighted by molar-refractivity contribution is 0.198. The molecule has 0 unspecified atom stereocenters. The highest BCUT2D eigenvalue weighted by atomic mass is 16.5. The van der Waals surface area contributed by atoms with E-state index < -0.39 is 0 Å². The number of pyridine rings is 1. The maximum absolute atomic E-state index is 9.74. The average Bonchev–Trinajstić information content (AvgIpc) is 3.07. The number of ether oxygens (including phenoxy) is 1. The van der Waals surface area contributed by atoms with Gasteiger partial charge in [0.1, 0.15) is 17.1 Å². The number of rotatable bonds is 3. The van der Waals surface area contributed by atoms with Gasteiger partial charge in [-0.25, -0.2) is 9.97 Å². The number of nitrogens with zero attached hydrogens (tertiary/aromatic N) is 4. The van der Waals surface area contributed by atoms with E-state index in [0.717, 1.165) is 41.0 Å². The van der Waals surface area contributed by atoms with Crippen LogP contribution in [0.5, 0.6) is 5.75 Å². The highest BCUT2D eigenvalue weighted by molar-refractivity contribution is 5.96. The van der Waals surface area contributed by atoms with Crippen molar-refractivity contribution < 1.29 is 9.84 Å². The standard InChI is InChI=1S/C18H18N4O2/c1-24-15-5-4-14(13-3-2-8-19-17(13)15)18-20-9-6-16(21-18)22-10-7-12(23)11-22/h2-6,8-9,12,23H,7,10-11H2,1H3/t12-/m1/s1. The van der Waals surface area contributed by atoms with Crippen molar-refractivity contribution in [3.8, 4) is 17.1 Å². The van der Waals surface area contributed by atoms with Crippen LogP contribution in [0.1, 0.15) is 6.42 Å². The van der Waals surface area contributed by atoms with E-state index in [2.05, 4.69) is 14.9 Å². The third-order valence-electron chi connectivity index (χ3n) is 4.32. The van der Waals surface area contributed by atoms with Crippen molar-refractivity contribution in [3.63, 3.8) is 0 Å². The summed E-state index contributed by atoms with van der Waals surface area (Å²) in [5.41, 5.74) is 1.71. The molecule has 0 amide bonds. The first kappa shape index (κ1) is 14.8. The molecular formula is C18H18N4O2. The SMILES string of the molecule is COc1ccc(-c2nccc(N3CC[C@@H](O)C3)n2)c2cccnc12. The van der Waals surface area contributed by atoms with Gasteiger partial charge in [-0.2, -0.15) is 0 Å². The molecule has 24 heavy (non-hydrogen) atoms. The minimum absolute atomic E-state index is 0.283. The van der Waals surface area contributed by atoms with Crippen LogP contribution in [0, 0.1) is 0 Å². The summed E-state index contributed by atoms with van der Waals surface area (Å²) in [6, 6.07) is 9.62. The molecule has 1 aromatic carbocycles. The molecule has 6 nitrogen and oxygen atoms in total. The molecule has 1 saturated heterocycles.